The predicted molar refractivity (Wildman–Crippen MR) is 72.0 cm³/mol. The molecule has 4 N–H and O–H groups in total. The molecule has 6 nitrogen and oxygen atoms in total. The van der Waals surface area contributed by atoms with Gasteiger partial charge in [0, 0.05) is 38.9 Å². The monoisotopic (exact) mass is 274 g/mol. The molecule has 6 heteroatoms. The second-order valence-electron chi connectivity index (χ2n) is 5.25. The Kier molecular flexibility index (Phi) is 7.97. The second kappa shape index (κ2) is 9.25. The number of nitrogens with one attached hydrogen (secondary N) is 1. The number of carboxylic acids is 1. The van der Waals surface area contributed by atoms with Gasteiger partial charge in [-0.2, -0.15) is 0 Å². The van der Waals surface area contributed by atoms with Crippen molar-refractivity contribution in [1.29, 1.82) is 0 Å². The third kappa shape index (κ3) is 6.87. The van der Waals surface area contributed by atoms with Crippen molar-refractivity contribution >= 4 is 5.97 Å². The van der Waals surface area contributed by atoms with Crippen LogP contribution in [0, 0.1) is 5.92 Å². The Hall–Kier alpha value is -0.690. The summed E-state index contributed by atoms with van der Waals surface area (Å²) < 4.78 is 0. The zero-order valence-corrected chi connectivity index (χ0v) is 11.4. The molecule has 0 aromatic carbocycles. The lowest BCUT2D eigenvalue weighted by atomic mass is 9.91. The first kappa shape index (κ1) is 16.4. The van der Waals surface area contributed by atoms with Crippen molar-refractivity contribution in [2.24, 2.45) is 5.92 Å². The molecule has 2 unspecified atom stereocenters. The number of hydrogen-bond acceptors (Lipinski definition) is 5. The molecular weight excluding hydrogens is 248 g/mol. The number of aliphatic hydroxyl groups excluding tert-OH is 2. The second-order valence-corrected chi connectivity index (χ2v) is 5.25. The van der Waals surface area contributed by atoms with Gasteiger partial charge in [-0.25, -0.2) is 0 Å². The maximum absolute atomic E-state index is 10.6. The fourth-order valence-corrected chi connectivity index (χ4v) is 2.66. The summed E-state index contributed by atoms with van der Waals surface area (Å²) in [4.78, 5) is 12.8. The number of rotatable bonds is 9. The first-order chi connectivity index (χ1) is 9.15. The highest BCUT2D eigenvalue weighted by Gasteiger charge is 2.26. The number of nitrogens with zero attached hydrogens (tertiary/aromatic N) is 1. The van der Waals surface area contributed by atoms with Crippen LogP contribution >= 0.6 is 0 Å². The Labute approximate surface area is 114 Å². The van der Waals surface area contributed by atoms with Crippen molar-refractivity contribution < 1.29 is 20.1 Å². The number of piperidine rings is 1. The van der Waals surface area contributed by atoms with Gasteiger partial charge in [-0.1, -0.05) is 0 Å². The van der Waals surface area contributed by atoms with Crippen LogP contribution in [0.1, 0.15) is 25.7 Å². The molecule has 1 aliphatic rings. The molecule has 0 aliphatic carbocycles. The van der Waals surface area contributed by atoms with Gasteiger partial charge in [-0.15, -0.1) is 0 Å². The van der Waals surface area contributed by atoms with Crippen molar-refractivity contribution in [3.8, 4) is 0 Å². The van der Waals surface area contributed by atoms with Gasteiger partial charge in [0.1, 0.15) is 0 Å². The Morgan fingerprint density at radius 3 is 2.68 bits per heavy atom. The van der Waals surface area contributed by atoms with Gasteiger partial charge in [0.15, 0.2) is 0 Å². The Balaban J connectivity index is 2.40. The van der Waals surface area contributed by atoms with Crippen molar-refractivity contribution in [2.45, 2.75) is 31.7 Å². The number of carbonyl (C=O) groups is 1. The van der Waals surface area contributed by atoms with Crippen LogP contribution in [0.2, 0.25) is 0 Å². The Morgan fingerprint density at radius 2 is 2.05 bits per heavy atom. The van der Waals surface area contributed by atoms with Crippen LogP contribution in [-0.4, -0.2) is 71.6 Å². The molecule has 1 aliphatic heterocycles. The predicted octanol–water partition coefficient (Wildman–Crippen LogP) is -0.494. The number of aliphatic carboxylic acids is 1. The summed E-state index contributed by atoms with van der Waals surface area (Å²) in [5.41, 5.74) is 0. The smallest absolute Gasteiger partial charge is 0.304 e. The molecule has 0 aromatic heterocycles. The first-order valence-corrected chi connectivity index (χ1v) is 7.05. The van der Waals surface area contributed by atoms with Gasteiger partial charge >= 0.3 is 5.97 Å². The summed E-state index contributed by atoms with van der Waals surface area (Å²) >= 11 is 0. The number of hydrogen-bond donors (Lipinski definition) is 4. The van der Waals surface area contributed by atoms with Gasteiger partial charge in [0.2, 0.25) is 0 Å². The van der Waals surface area contributed by atoms with E-state index in [0.29, 0.717) is 18.5 Å². The Bertz CT molecular complexity index is 263. The van der Waals surface area contributed by atoms with Crippen LogP contribution in [0.3, 0.4) is 0 Å². The molecule has 0 radical (unpaired) electrons. The highest BCUT2D eigenvalue weighted by Crippen LogP contribution is 2.20. The highest BCUT2D eigenvalue weighted by atomic mass is 16.4. The summed E-state index contributed by atoms with van der Waals surface area (Å²) in [6.07, 6.45) is 2.67. The third-order valence-corrected chi connectivity index (χ3v) is 3.56. The molecule has 112 valence electrons. The molecule has 1 heterocycles. The fraction of sp³-hybridized carbons (Fsp3) is 0.923. The minimum absolute atomic E-state index is 0.162. The summed E-state index contributed by atoms with van der Waals surface area (Å²) in [6.45, 7) is 3.42. The van der Waals surface area contributed by atoms with E-state index in [-0.39, 0.29) is 19.6 Å². The molecule has 0 aromatic rings. The van der Waals surface area contributed by atoms with Crippen LogP contribution in [0.25, 0.3) is 0 Å². The minimum Gasteiger partial charge on any atom is -0.481 e. The zero-order valence-electron chi connectivity index (χ0n) is 11.4. The topological polar surface area (TPSA) is 93.0 Å². The van der Waals surface area contributed by atoms with Crippen molar-refractivity contribution in [3.63, 3.8) is 0 Å². The third-order valence-electron chi connectivity index (χ3n) is 3.56. The lowest BCUT2D eigenvalue weighted by Crippen LogP contribution is -2.50. The van der Waals surface area contributed by atoms with E-state index in [1.54, 1.807) is 0 Å². The largest absolute Gasteiger partial charge is 0.481 e. The van der Waals surface area contributed by atoms with Gasteiger partial charge in [0.05, 0.1) is 6.42 Å². The average Bonchev–Trinajstić information content (AvgIpc) is 2.37. The standard InChI is InChI=1S/C13H26N2O4/c16-6-1-4-14-12-8-11(3-7-17)9-15(10-12)5-2-13(18)19/h11-12,14,16-17H,1-10H2,(H,18,19). The normalized spacial score (nSPS) is 24.5. The van der Waals surface area contributed by atoms with Crippen LogP contribution in [0.4, 0.5) is 0 Å². The maximum Gasteiger partial charge on any atom is 0.304 e. The molecule has 1 saturated heterocycles. The number of likely N-dealkylation sites (tertiary alicyclic amines) is 1. The molecule has 0 amide bonds. The van der Waals surface area contributed by atoms with Crippen LogP contribution in [-0.2, 0) is 4.79 Å². The van der Waals surface area contributed by atoms with E-state index in [1.165, 1.54) is 0 Å². The van der Waals surface area contributed by atoms with Gasteiger partial charge in [-0.3, -0.25) is 4.79 Å². The zero-order chi connectivity index (χ0) is 14.1. The minimum atomic E-state index is -0.769. The average molecular weight is 274 g/mol. The van der Waals surface area contributed by atoms with Crippen LogP contribution in [0.15, 0.2) is 0 Å². The molecule has 2 atom stereocenters. The summed E-state index contributed by atoms with van der Waals surface area (Å²) in [7, 11) is 0. The molecule has 0 bridgehead atoms. The lowest BCUT2D eigenvalue weighted by molar-refractivity contribution is -0.137. The van der Waals surface area contributed by atoms with Crippen molar-refractivity contribution in [1.82, 2.24) is 10.2 Å². The van der Waals surface area contributed by atoms with E-state index in [9.17, 15) is 4.79 Å². The summed E-state index contributed by atoms with van der Waals surface area (Å²) in [5.74, 6) is -0.353. The van der Waals surface area contributed by atoms with E-state index in [4.69, 9.17) is 15.3 Å². The van der Waals surface area contributed by atoms with E-state index in [1.807, 2.05) is 0 Å². The maximum atomic E-state index is 10.6. The highest BCUT2D eigenvalue weighted by molar-refractivity contribution is 5.66. The lowest BCUT2D eigenvalue weighted by Gasteiger charge is -2.38. The van der Waals surface area contributed by atoms with Crippen molar-refractivity contribution in [3.05, 3.63) is 0 Å². The summed E-state index contributed by atoms with van der Waals surface area (Å²) in [5, 5.41) is 30.0. The van der Waals surface area contributed by atoms with Crippen LogP contribution < -0.4 is 5.32 Å². The molecule has 0 saturated carbocycles. The van der Waals surface area contributed by atoms with E-state index < -0.39 is 5.97 Å². The molecule has 1 fully saturated rings. The molecule has 0 spiro atoms. The van der Waals surface area contributed by atoms with E-state index in [2.05, 4.69) is 10.2 Å². The number of aliphatic hydroxyl groups is 2. The van der Waals surface area contributed by atoms with E-state index in [0.717, 1.165) is 38.9 Å². The van der Waals surface area contributed by atoms with E-state index >= 15 is 0 Å². The quantitative estimate of drug-likeness (QED) is 0.424. The fourth-order valence-electron chi connectivity index (χ4n) is 2.66. The summed E-state index contributed by atoms with van der Waals surface area (Å²) in [6, 6.07) is 0.325. The van der Waals surface area contributed by atoms with Crippen molar-refractivity contribution in [2.75, 3.05) is 39.4 Å². The molecular formula is C13H26N2O4. The van der Waals surface area contributed by atoms with Gasteiger partial charge < -0.3 is 25.5 Å². The first-order valence-electron chi connectivity index (χ1n) is 7.05. The van der Waals surface area contributed by atoms with Crippen LogP contribution in [0.5, 0.6) is 0 Å². The number of carboxylic acid groups (broad SMARTS) is 1. The van der Waals surface area contributed by atoms with Gasteiger partial charge in [0.25, 0.3) is 0 Å². The van der Waals surface area contributed by atoms with Gasteiger partial charge in [-0.05, 0) is 31.7 Å². The molecule has 1 rings (SSSR count). The SMILES string of the molecule is O=C(O)CCN1CC(CCO)CC(NCCCO)C1. The molecule has 19 heavy (non-hydrogen) atoms. The Morgan fingerprint density at radius 1 is 1.26 bits per heavy atom.